The molecule has 1 amide bonds. The predicted molar refractivity (Wildman–Crippen MR) is 117 cm³/mol. The van der Waals surface area contributed by atoms with Crippen molar-refractivity contribution < 1.29 is 17.9 Å². The maximum absolute atomic E-state index is 12.9. The van der Waals surface area contributed by atoms with Gasteiger partial charge in [0.25, 0.3) is 0 Å². The lowest BCUT2D eigenvalue weighted by molar-refractivity contribution is -0.120. The highest BCUT2D eigenvalue weighted by molar-refractivity contribution is 9.10. The molecule has 1 N–H and O–H groups in total. The Bertz CT molecular complexity index is 969. The van der Waals surface area contributed by atoms with E-state index in [9.17, 15) is 13.2 Å². The number of hydrogen-bond acceptors (Lipinski definition) is 4. The second-order valence-corrected chi connectivity index (χ2v) is 9.83. The summed E-state index contributed by atoms with van der Waals surface area (Å²) in [6.45, 7) is 5.04. The van der Waals surface area contributed by atoms with Crippen molar-refractivity contribution in [2.75, 3.05) is 25.0 Å². The van der Waals surface area contributed by atoms with Gasteiger partial charge in [0.1, 0.15) is 5.75 Å². The van der Waals surface area contributed by atoms with Crippen molar-refractivity contribution in [2.24, 2.45) is 5.92 Å². The van der Waals surface area contributed by atoms with E-state index in [1.54, 1.807) is 24.3 Å². The molecule has 1 fully saturated rings. The summed E-state index contributed by atoms with van der Waals surface area (Å²) in [5.41, 5.74) is 1.83. The van der Waals surface area contributed by atoms with Gasteiger partial charge in [-0.05, 0) is 68.7 Å². The van der Waals surface area contributed by atoms with Crippen LogP contribution in [0.5, 0.6) is 5.75 Å². The molecule has 6 nitrogen and oxygen atoms in total. The van der Waals surface area contributed by atoms with Crippen molar-refractivity contribution in [3.05, 3.63) is 52.5 Å². The van der Waals surface area contributed by atoms with Crippen molar-refractivity contribution >= 4 is 37.5 Å². The number of carbonyl (C=O) groups is 1. The van der Waals surface area contributed by atoms with E-state index in [1.165, 1.54) is 4.31 Å². The molecule has 0 spiro atoms. The van der Waals surface area contributed by atoms with E-state index in [4.69, 9.17) is 4.74 Å². The molecule has 2 aromatic rings. The average Bonchev–Trinajstić information content (AvgIpc) is 2.71. The van der Waals surface area contributed by atoms with E-state index in [0.717, 1.165) is 15.7 Å². The molecule has 1 heterocycles. The van der Waals surface area contributed by atoms with Crippen molar-refractivity contribution in [1.29, 1.82) is 0 Å². The minimum atomic E-state index is -3.57. The summed E-state index contributed by atoms with van der Waals surface area (Å²) in [4.78, 5) is 12.8. The van der Waals surface area contributed by atoms with Crippen molar-refractivity contribution in [1.82, 2.24) is 4.31 Å². The molecule has 1 saturated heterocycles. The fourth-order valence-electron chi connectivity index (χ4n) is 3.30. The summed E-state index contributed by atoms with van der Waals surface area (Å²) in [5.74, 6) is 0.366. The summed E-state index contributed by atoms with van der Waals surface area (Å²) >= 11 is 3.46. The Labute approximate surface area is 180 Å². The maximum Gasteiger partial charge on any atom is 0.243 e. The van der Waals surface area contributed by atoms with Gasteiger partial charge in [-0.15, -0.1) is 0 Å². The number of amides is 1. The van der Waals surface area contributed by atoms with Gasteiger partial charge < -0.3 is 10.1 Å². The summed E-state index contributed by atoms with van der Waals surface area (Å²) in [5, 5.41) is 2.93. The molecule has 156 valence electrons. The first-order valence-electron chi connectivity index (χ1n) is 9.61. The topological polar surface area (TPSA) is 75.7 Å². The van der Waals surface area contributed by atoms with E-state index in [1.807, 2.05) is 32.0 Å². The summed E-state index contributed by atoms with van der Waals surface area (Å²) in [7, 11) is -3.57. The lowest BCUT2D eigenvalue weighted by Crippen LogP contribution is -2.41. The maximum atomic E-state index is 12.9. The number of hydrogen-bond donors (Lipinski definition) is 1. The molecule has 8 heteroatoms. The molecule has 0 radical (unpaired) electrons. The number of benzene rings is 2. The van der Waals surface area contributed by atoms with Crippen LogP contribution in [0.3, 0.4) is 0 Å². The number of ether oxygens (including phenoxy) is 1. The van der Waals surface area contributed by atoms with Gasteiger partial charge in [0.15, 0.2) is 0 Å². The molecule has 1 aliphatic heterocycles. The Morgan fingerprint density at radius 2 is 1.83 bits per heavy atom. The quantitative estimate of drug-likeness (QED) is 0.671. The molecule has 0 saturated carbocycles. The van der Waals surface area contributed by atoms with Gasteiger partial charge in [-0.1, -0.05) is 22.0 Å². The van der Waals surface area contributed by atoms with Crippen molar-refractivity contribution in [3.63, 3.8) is 0 Å². The van der Waals surface area contributed by atoms with Gasteiger partial charge in [0, 0.05) is 29.2 Å². The summed E-state index contributed by atoms with van der Waals surface area (Å²) < 4.78 is 33.5. The fraction of sp³-hybridized carbons (Fsp3) is 0.381. The predicted octanol–water partition coefficient (Wildman–Crippen LogP) is 4.20. The number of halogens is 1. The third-order valence-electron chi connectivity index (χ3n) is 5.04. The molecule has 1 aliphatic rings. The summed E-state index contributed by atoms with van der Waals surface area (Å²) in [6.07, 6.45) is 0.990. The zero-order valence-electron chi connectivity index (χ0n) is 16.5. The van der Waals surface area contributed by atoms with E-state index in [-0.39, 0.29) is 16.7 Å². The fourth-order valence-corrected chi connectivity index (χ4v) is 5.15. The van der Waals surface area contributed by atoms with Gasteiger partial charge in [0.05, 0.1) is 11.5 Å². The highest BCUT2D eigenvalue weighted by Gasteiger charge is 2.32. The van der Waals surface area contributed by atoms with E-state index in [2.05, 4.69) is 21.2 Å². The number of anilines is 1. The van der Waals surface area contributed by atoms with Gasteiger partial charge in [-0.25, -0.2) is 8.42 Å². The standard InChI is InChI=1S/C21H25BrN2O4S/c1-3-28-18-6-8-19(9-7-18)29(26,27)24-12-10-16(11-13-24)21(25)23-17-5-4-15(2)20(22)14-17/h4-9,14,16H,3,10-13H2,1-2H3,(H,23,25). The first-order valence-corrected chi connectivity index (χ1v) is 11.8. The molecular formula is C21H25BrN2O4S. The van der Waals surface area contributed by atoms with Gasteiger partial charge >= 0.3 is 0 Å². The third-order valence-corrected chi connectivity index (χ3v) is 7.80. The summed E-state index contributed by atoms with van der Waals surface area (Å²) in [6, 6.07) is 12.1. The number of nitrogens with zero attached hydrogens (tertiary/aromatic N) is 1. The van der Waals surface area contributed by atoms with E-state index < -0.39 is 10.0 Å². The first-order chi connectivity index (χ1) is 13.8. The molecule has 0 unspecified atom stereocenters. The van der Waals surface area contributed by atoms with E-state index in [0.29, 0.717) is 38.3 Å². The molecule has 29 heavy (non-hydrogen) atoms. The largest absolute Gasteiger partial charge is 0.494 e. The Kier molecular flexibility index (Phi) is 6.97. The molecule has 0 atom stereocenters. The Balaban J connectivity index is 1.60. The number of carbonyl (C=O) groups excluding carboxylic acids is 1. The van der Waals surface area contributed by atoms with Crippen LogP contribution in [0.1, 0.15) is 25.3 Å². The normalized spacial score (nSPS) is 15.8. The van der Waals surface area contributed by atoms with Crippen molar-refractivity contribution in [3.8, 4) is 5.75 Å². The van der Waals surface area contributed by atoms with Crippen LogP contribution in [0.15, 0.2) is 51.8 Å². The van der Waals surface area contributed by atoms with Crippen LogP contribution in [0.2, 0.25) is 0 Å². The second-order valence-electron chi connectivity index (χ2n) is 7.04. The van der Waals surface area contributed by atoms with Crippen LogP contribution in [0.4, 0.5) is 5.69 Å². The van der Waals surface area contributed by atoms with Gasteiger partial charge in [0.2, 0.25) is 15.9 Å². The van der Waals surface area contributed by atoms with Crippen molar-refractivity contribution in [2.45, 2.75) is 31.6 Å². The van der Waals surface area contributed by atoms with Gasteiger partial charge in [-0.2, -0.15) is 4.31 Å². The van der Waals surface area contributed by atoms with E-state index >= 15 is 0 Å². The number of sulfonamides is 1. The Hall–Kier alpha value is -1.90. The number of piperidine rings is 1. The van der Waals surface area contributed by atoms with Crippen LogP contribution < -0.4 is 10.1 Å². The molecule has 0 aliphatic carbocycles. The lowest BCUT2D eigenvalue weighted by Gasteiger charge is -2.30. The average molecular weight is 481 g/mol. The number of rotatable bonds is 6. The SMILES string of the molecule is CCOc1ccc(S(=O)(=O)N2CCC(C(=O)Nc3ccc(C)c(Br)c3)CC2)cc1. The van der Waals surface area contributed by atoms with Crippen LogP contribution in [0, 0.1) is 12.8 Å². The third kappa shape index (κ3) is 5.18. The van der Waals surface area contributed by atoms with Crippen LogP contribution in [-0.2, 0) is 14.8 Å². The molecule has 3 rings (SSSR count). The van der Waals surface area contributed by atoms with Crippen LogP contribution in [-0.4, -0.2) is 38.3 Å². The Morgan fingerprint density at radius 1 is 1.17 bits per heavy atom. The number of nitrogens with one attached hydrogen (secondary N) is 1. The zero-order valence-corrected chi connectivity index (χ0v) is 18.9. The highest BCUT2D eigenvalue weighted by atomic mass is 79.9. The highest BCUT2D eigenvalue weighted by Crippen LogP contribution is 2.27. The molecule has 0 aromatic heterocycles. The second kappa shape index (κ2) is 9.28. The first kappa shape index (κ1) is 21.8. The lowest BCUT2D eigenvalue weighted by atomic mass is 9.97. The van der Waals surface area contributed by atoms with Crippen LogP contribution >= 0.6 is 15.9 Å². The minimum Gasteiger partial charge on any atom is -0.494 e. The zero-order chi connectivity index (χ0) is 21.0. The molecule has 0 bridgehead atoms. The van der Waals surface area contributed by atoms with Crippen LogP contribution in [0.25, 0.3) is 0 Å². The Morgan fingerprint density at radius 3 is 2.41 bits per heavy atom. The monoisotopic (exact) mass is 480 g/mol. The smallest absolute Gasteiger partial charge is 0.243 e. The van der Waals surface area contributed by atoms with Gasteiger partial charge in [-0.3, -0.25) is 4.79 Å². The molecular weight excluding hydrogens is 456 g/mol. The minimum absolute atomic E-state index is 0.0705. The molecule has 2 aromatic carbocycles. The number of aryl methyl sites for hydroxylation is 1.